The molecule has 1 atom stereocenters. The van der Waals surface area contributed by atoms with Gasteiger partial charge in [-0.3, -0.25) is 9.59 Å². The molecule has 1 fully saturated rings. The number of benzene rings is 2. The number of aliphatic imine (C=N–C) groups is 1. The van der Waals surface area contributed by atoms with Crippen LogP contribution in [-0.2, 0) is 4.79 Å². The molecule has 0 aliphatic carbocycles. The molecule has 35 heavy (non-hydrogen) atoms. The van der Waals surface area contributed by atoms with Gasteiger partial charge in [-0.15, -0.1) is 11.3 Å². The molecule has 1 saturated heterocycles. The molecule has 0 bridgehead atoms. The Kier molecular flexibility index (Phi) is 7.88. The van der Waals surface area contributed by atoms with Gasteiger partial charge in [0.25, 0.3) is 11.8 Å². The van der Waals surface area contributed by atoms with Gasteiger partial charge in [0.2, 0.25) is 0 Å². The summed E-state index contributed by atoms with van der Waals surface area (Å²) in [5.41, 5.74) is 2.27. The van der Waals surface area contributed by atoms with Gasteiger partial charge in [0.1, 0.15) is 5.70 Å². The van der Waals surface area contributed by atoms with Crippen LogP contribution in [0.4, 0.5) is 5.69 Å². The number of carbonyl (C=O) groups excluding carboxylic acids is 2. The zero-order valence-electron chi connectivity index (χ0n) is 20.1. The van der Waals surface area contributed by atoms with Crippen molar-refractivity contribution in [3.8, 4) is 0 Å². The molecule has 6 nitrogen and oxygen atoms in total. The Morgan fingerprint density at radius 1 is 1.17 bits per heavy atom. The average molecular weight is 509 g/mol. The molecule has 1 aliphatic rings. The predicted octanol–water partition coefficient (Wildman–Crippen LogP) is 6.05. The summed E-state index contributed by atoms with van der Waals surface area (Å²) < 4.78 is 0.995. The maximum Gasteiger partial charge on any atom is 0.272 e. The first kappa shape index (κ1) is 24.9. The van der Waals surface area contributed by atoms with Gasteiger partial charge >= 0.3 is 0 Å². The highest BCUT2D eigenvalue weighted by atomic mass is 35.5. The van der Waals surface area contributed by atoms with E-state index in [1.807, 2.05) is 85.2 Å². The van der Waals surface area contributed by atoms with Crippen LogP contribution < -0.4 is 5.32 Å². The Labute approximate surface area is 214 Å². The molecule has 2 heterocycles. The van der Waals surface area contributed by atoms with Crippen LogP contribution in [0.5, 0.6) is 0 Å². The third kappa shape index (κ3) is 5.57. The van der Waals surface area contributed by atoms with E-state index in [2.05, 4.69) is 10.3 Å². The van der Waals surface area contributed by atoms with Crippen LogP contribution in [0.2, 0.25) is 5.02 Å². The van der Waals surface area contributed by atoms with E-state index in [1.54, 1.807) is 6.34 Å². The quantitative estimate of drug-likeness (QED) is 0.250. The molecule has 1 aliphatic heterocycles. The van der Waals surface area contributed by atoms with E-state index < -0.39 is 0 Å². The second-order valence-electron chi connectivity index (χ2n) is 8.61. The summed E-state index contributed by atoms with van der Waals surface area (Å²) in [6.07, 6.45) is 2.30. The molecular weight excluding hydrogens is 480 g/mol. The smallest absolute Gasteiger partial charge is 0.272 e. The van der Waals surface area contributed by atoms with Crippen molar-refractivity contribution in [2.45, 2.75) is 33.2 Å². The molecule has 4 rings (SSSR count). The fourth-order valence-electron chi connectivity index (χ4n) is 4.09. The molecule has 2 amide bonds. The van der Waals surface area contributed by atoms with Crippen LogP contribution in [0.1, 0.15) is 36.9 Å². The van der Waals surface area contributed by atoms with E-state index in [4.69, 9.17) is 11.6 Å². The molecule has 0 saturated carbocycles. The van der Waals surface area contributed by atoms with Crippen LogP contribution >= 0.6 is 22.9 Å². The minimum absolute atomic E-state index is 0.0215. The zero-order chi connectivity index (χ0) is 24.9. The highest BCUT2D eigenvalue weighted by Gasteiger charge is 2.32. The number of hydrogen-bond donors (Lipinski definition) is 1. The number of rotatable bonds is 6. The number of anilines is 1. The maximum absolute atomic E-state index is 13.5. The standard InChI is InChI=1S/C27H29ClN4O2S/c1-4-18(2)25(30-17-29-20-9-6-5-7-10-20)27(34)32-14-13-31(16-19(32)3)26(33)24-15-21-22(28)11-8-12-23(21)35-24/h5-12,15,17,19H,4,13-14,16H2,1-3H3,(H,29,30). The number of nitrogens with one attached hydrogen (secondary N) is 1. The first-order chi connectivity index (χ1) is 16.9. The van der Waals surface area contributed by atoms with Crippen molar-refractivity contribution in [1.29, 1.82) is 0 Å². The largest absolute Gasteiger partial charge is 0.346 e. The fraction of sp³-hybridized carbons (Fsp3) is 0.296. The van der Waals surface area contributed by atoms with Crippen molar-refractivity contribution in [3.63, 3.8) is 0 Å². The van der Waals surface area contributed by atoms with Gasteiger partial charge in [-0.25, -0.2) is 4.99 Å². The third-order valence-electron chi connectivity index (χ3n) is 6.23. The maximum atomic E-state index is 13.5. The second-order valence-corrected chi connectivity index (χ2v) is 10.1. The molecular formula is C27H29ClN4O2S. The third-order valence-corrected chi connectivity index (χ3v) is 7.65. The van der Waals surface area contributed by atoms with Gasteiger partial charge < -0.3 is 15.1 Å². The number of halogens is 1. The number of thiophene rings is 1. The topological polar surface area (TPSA) is 65.0 Å². The van der Waals surface area contributed by atoms with Crippen LogP contribution in [0.3, 0.4) is 0 Å². The molecule has 3 aromatic rings. The summed E-state index contributed by atoms with van der Waals surface area (Å²) >= 11 is 7.74. The molecule has 2 aromatic carbocycles. The first-order valence-corrected chi connectivity index (χ1v) is 12.9. The molecule has 0 spiro atoms. The van der Waals surface area contributed by atoms with Crippen LogP contribution in [0.25, 0.3) is 10.1 Å². The fourth-order valence-corrected chi connectivity index (χ4v) is 5.43. The van der Waals surface area contributed by atoms with Crippen LogP contribution in [-0.4, -0.2) is 53.6 Å². The minimum Gasteiger partial charge on any atom is -0.346 e. The summed E-state index contributed by atoms with van der Waals surface area (Å²) in [6.45, 7) is 7.33. The number of amides is 2. The van der Waals surface area contributed by atoms with Crippen molar-refractivity contribution in [1.82, 2.24) is 9.80 Å². The monoisotopic (exact) mass is 508 g/mol. The van der Waals surface area contributed by atoms with Crippen molar-refractivity contribution in [2.24, 2.45) is 4.99 Å². The average Bonchev–Trinajstić information content (AvgIpc) is 3.32. The molecule has 1 N–H and O–H groups in total. The summed E-state index contributed by atoms with van der Waals surface area (Å²) in [6, 6.07) is 17.1. The molecule has 1 unspecified atom stereocenters. The highest BCUT2D eigenvalue weighted by molar-refractivity contribution is 7.20. The van der Waals surface area contributed by atoms with E-state index in [-0.39, 0.29) is 17.9 Å². The highest BCUT2D eigenvalue weighted by Crippen LogP contribution is 2.32. The Morgan fingerprint density at radius 3 is 2.63 bits per heavy atom. The second kappa shape index (κ2) is 11.1. The number of carbonyl (C=O) groups is 2. The van der Waals surface area contributed by atoms with Gasteiger partial charge in [0.05, 0.1) is 11.2 Å². The van der Waals surface area contributed by atoms with Gasteiger partial charge in [-0.05, 0) is 56.2 Å². The van der Waals surface area contributed by atoms with Crippen molar-refractivity contribution < 1.29 is 9.59 Å². The molecule has 1 aromatic heterocycles. The van der Waals surface area contributed by atoms with E-state index in [1.165, 1.54) is 11.3 Å². The Bertz CT molecular complexity index is 1280. The summed E-state index contributed by atoms with van der Waals surface area (Å²) in [5.74, 6) is -0.129. The van der Waals surface area contributed by atoms with Gasteiger partial charge in [-0.1, -0.05) is 42.8 Å². The van der Waals surface area contributed by atoms with Crippen molar-refractivity contribution >= 4 is 56.9 Å². The lowest BCUT2D eigenvalue weighted by Crippen LogP contribution is -2.55. The van der Waals surface area contributed by atoms with Crippen molar-refractivity contribution in [3.05, 3.63) is 75.8 Å². The van der Waals surface area contributed by atoms with E-state index in [0.717, 1.165) is 27.8 Å². The van der Waals surface area contributed by atoms with Gasteiger partial charge in [0.15, 0.2) is 0 Å². The Morgan fingerprint density at radius 2 is 1.94 bits per heavy atom. The number of fused-ring (bicyclic) bond motifs is 1. The lowest BCUT2D eigenvalue weighted by Gasteiger charge is -2.39. The minimum atomic E-state index is -0.130. The normalized spacial score (nSPS) is 17.1. The van der Waals surface area contributed by atoms with E-state index in [0.29, 0.717) is 35.2 Å². The lowest BCUT2D eigenvalue weighted by molar-refractivity contribution is -0.131. The van der Waals surface area contributed by atoms with Crippen LogP contribution in [0.15, 0.2) is 70.9 Å². The molecule has 0 radical (unpaired) electrons. The number of nitrogens with zero attached hydrogens (tertiary/aromatic N) is 3. The summed E-state index contributed by atoms with van der Waals surface area (Å²) in [5, 5.41) is 4.67. The predicted molar refractivity (Wildman–Crippen MR) is 145 cm³/mol. The number of allylic oxidation sites excluding steroid dienone is 1. The van der Waals surface area contributed by atoms with Crippen molar-refractivity contribution in [2.75, 3.05) is 25.0 Å². The van der Waals surface area contributed by atoms with Crippen LogP contribution in [0, 0.1) is 0 Å². The molecule has 8 heteroatoms. The summed E-state index contributed by atoms with van der Waals surface area (Å²) in [7, 11) is 0. The van der Waals surface area contributed by atoms with E-state index >= 15 is 0 Å². The number of hydrogen-bond acceptors (Lipinski definition) is 4. The van der Waals surface area contributed by atoms with Gasteiger partial charge in [-0.2, -0.15) is 0 Å². The number of para-hydroxylation sites is 1. The molecule has 182 valence electrons. The SMILES string of the molecule is CCC(C)=C(N=CNc1ccccc1)C(=O)N1CCN(C(=O)c2cc3c(Cl)cccc3s2)CC1C. The summed E-state index contributed by atoms with van der Waals surface area (Å²) in [4.78, 5) is 35.5. The Hall–Kier alpha value is -3.16. The Balaban J connectivity index is 1.45. The van der Waals surface area contributed by atoms with E-state index in [9.17, 15) is 9.59 Å². The number of piperazine rings is 1. The lowest BCUT2D eigenvalue weighted by atomic mass is 10.1. The first-order valence-electron chi connectivity index (χ1n) is 11.7. The zero-order valence-corrected chi connectivity index (χ0v) is 21.7. The van der Waals surface area contributed by atoms with Gasteiger partial charge in [0, 0.05) is 46.5 Å².